The number of hydrogen-bond donors (Lipinski definition) is 2. The maximum Gasteiger partial charge on any atom is 0.528 e. The molecule has 3 rings (SSSR count). The van der Waals surface area contributed by atoms with Crippen molar-refractivity contribution in [2.45, 2.75) is 45.8 Å². The number of carbonyl (C=O) groups excluding carboxylic acids is 1. The first-order valence-electron chi connectivity index (χ1n) is 11.3. The Bertz CT molecular complexity index is 953. The molecule has 0 bridgehead atoms. The number of ether oxygens (including phenoxy) is 3. The first-order chi connectivity index (χ1) is 16.4. The average Bonchev–Trinajstić information content (AvgIpc) is 2.79. The topological polar surface area (TPSA) is 107 Å². The van der Waals surface area contributed by atoms with Gasteiger partial charge in [-0.3, -0.25) is 0 Å². The van der Waals surface area contributed by atoms with Gasteiger partial charge in [0.05, 0.1) is 24.0 Å². The van der Waals surface area contributed by atoms with Gasteiger partial charge in [-0.2, -0.15) is 0 Å². The second-order valence-electron chi connectivity index (χ2n) is 8.15. The second-order valence-corrected chi connectivity index (χ2v) is 8.15. The highest BCUT2D eigenvalue weighted by atomic mass is 19.1. The predicted octanol–water partition coefficient (Wildman–Crippen LogP) is 4.05. The Morgan fingerprint density at radius 3 is 2.71 bits per heavy atom. The third-order valence-electron chi connectivity index (χ3n) is 5.11. The molecule has 0 aliphatic carbocycles. The van der Waals surface area contributed by atoms with Crippen LogP contribution in [-0.2, 0) is 14.3 Å². The third kappa shape index (κ3) is 7.42. The van der Waals surface area contributed by atoms with E-state index in [2.05, 4.69) is 20.6 Å². The maximum absolute atomic E-state index is 14.6. The number of methoxy groups -OCH3 is 1. The normalized spacial score (nSPS) is 14.6. The number of aromatic nitrogens is 2. The van der Waals surface area contributed by atoms with Crippen molar-refractivity contribution in [3.8, 4) is 5.88 Å². The molecule has 0 radical (unpaired) electrons. The molecule has 0 amide bonds. The van der Waals surface area contributed by atoms with Crippen LogP contribution in [0.2, 0.25) is 0 Å². The number of hydrogen-bond acceptors (Lipinski definition) is 10. The van der Waals surface area contributed by atoms with E-state index >= 15 is 0 Å². The summed E-state index contributed by atoms with van der Waals surface area (Å²) in [5.74, 6) is 0.474. The molecule has 2 aromatic rings. The molecule has 0 unspecified atom stereocenters. The summed E-state index contributed by atoms with van der Waals surface area (Å²) in [7, 11) is 1.61. The Morgan fingerprint density at radius 1 is 1.26 bits per heavy atom. The van der Waals surface area contributed by atoms with Crippen molar-refractivity contribution in [1.82, 2.24) is 15.0 Å². The molecule has 1 aromatic carbocycles. The summed E-state index contributed by atoms with van der Waals surface area (Å²) >= 11 is 0. The molecule has 2 N–H and O–H groups in total. The highest BCUT2D eigenvalue weighted by Crippen LogP contribution is 2.28. The van der Waals surface area contributed by atoms with E-state index in [1.807, 2.05) is 6.92 Å². The lowest BCUT2D eigenvalue weighted by atomic mass is 10.1. The van der Waals surface area contributed by atoms with Crippen LogP contribution in [0, 0.1) is 12.7 Å². The number of nitrogens with one attached hydrogen (secondary N) is 2. The van der Waals surface area contributed by atoms with Crippen molar-refractivity contribution in [2.24, 2.45) is 0 Å². The molecule has 1 aliphatic heterocycles. The van der Waals surface area contributed by atoms with Crippen LogP contribution >= 0.6 is 0 Å². The molecule has 186 valence electrons. The van der Waals surface area contributed by atoms with Crippen molar-refractivity contribution in [3.05, 3.63) is 35.9 Å². The van der Waals surface area contributed by atoms with Crippen LogP contribution in [0.25, 0.3) is 0 Å². The van der Waals surface area contributed by atoms with Crippen LogP contribution < -0.4 is 15.4 Å². The number of carbonyl (C=O) groups is 1. The van der Waals surface area contributed by atoms with E-state index in [1.54, 1.807) is 38.2 Å². The minimum absolute atomic E-state index is 0.100. The molecule has 34 heavy (non-hydrogen) atoms. The highest BCUT2D eigenvalue weighted by molar-refractivity contribution is 5.64. The smallest absolute Gasteiger partial charge is 0.474 e. The SMILES string of the molecule is COCCNc1ccc(Nc2ncnc(OC3CCN(OC(=O)OC(C)C)CC3)c2C)c(F)c1. The molecule has 1 saturated heterocycles. The molecule has 1 aliphatic rings. The molecule has 1 fully saturated rings. The summed E-state index contributed by atoms with van der Waals surface area (Å²) in [6, 6.07) is 4.84. The number of halogens is 1. The Labute approximate surface area is 198 Å². The highest BCUT2D eigenvalue weighted by Gasteiger charge is 2.25. The third-order valence-corrected chi connectivity index (χ3v) is 5.11. The minimum atomic E-state index is -0.706. The van der Waals surface area contributed by atoms with Gasteiger partial charge in [0.15, 0.2) is 0 Å². The summed E-state index contributed by atoms with van der Waals surface area (Å²) < 4.78 is 30.7. The summed E-state index contributed by atoms with van der Waals surface area (Å²) in [6.45, 7) is 7.49. The maximum atomic E-state index is 14.6. The van der Waals surface area contributed by atoms with E-state index in [4.69, 9.17) is 19.0 Å². The van der Waals surface area contributed by atoms with E-state index < -0.39 is 12.0 Å². The molecule has 2 heterocycles. The first-order valence-corrected chi connectivity index (χ1v) is 11.3. The first kappa shape index (κ1) is 25.4. The molecule has 0 spiro atoms. The zero-order valence-electron chi connectivity index (χ0n) is 20.0. The Morgan fingerprint density at radius 2 is 2.03 bits per heavy atom. The van der Waals surface area contributed by atoms with Crippen LogP contribution in [0.5, 0.6) is 5.88 Å². The summed E-state index contributed by atoms with van der Waals surface area (Å²) in [4.78, 5) is 25.3. The van der Waals surface area contributed by atoms with Gasteiger partial charge in [-0.15, -0.1) is 5.06 Å². The van der Waals surface area contributed by atoms with E-state index in [1.165, 1.54) is 12.4 Å². The van der Waals surface area contributed by atoms with Gasteiger partial charge in [0.2, 0.25) is 5.88 Å². The van der Waals surface area contributed by atoms with Crippen molar-refractivity contribution in [3.63, 3.8) is 0 Å². The Kier molecular flexibility index (Phi) is 9.23. The second kappa shape index (κ2) is 12.3. The Hall–Kier alpha value is -3.18. The van der Waals surface area contributed by atoms with Gasteiger partial charge >= 0.3 is 6.16 Å². The quantitative estimate of drug-likeness (QED) is 0.384. The van der Waals surface area contributed by atoms with Gasteiger partial charge < -0.3 is 29.7 Å². The lowest BCUT2D eigenvalue weighted by molar-refractivity contribution is -0.151. The summed E-state index contributed by atoms with van der Waals surface area (Å²) in [5, 5.41) is 7.68. The van der Waals surface area contributed by atoms with E-state index in [9.17, 15) is 9.18 Å². The van der Waals surface area contributed by atoms with Gasteiger partial charge in [0, 0.05) is 45.3 Å². The number of rotatable bonds is 10. The van der Waals surface area contributed by atoms with E-state index in [-0.39, 0.29) is 12.2 Å². The largest absolute Gasteiger partial charge is 0.528 e. The number of hydroxylamine groups is 2. The van der Waals surface area contributed by atoms with Crippen molar-refractivity contribution >= 4 is 23.3 Å². The Balaban J connectivity index is 1.56. The number of anilines is 3. The molecule has 0 atom stereocenters. The van der Waals surface area contributed by atoms with Crippen LogP contribution in [0.3, 0.4) is 0 Å². The number of piperidine rings is 1. The molecule has 10 nitrogen and oxygen atoms in total. The van der Waals surface area contributed by atoms with Crippen LogP contribution in [0.4, 0.5) is 26.4 Å². The van der Waals surface area contributed by atoms with Gasteiger partial charge in [-0.1, -0.05) is 0 Å². The zero-order valence-corrected chi connectivity index (χ0v) is 20.0. The zero-order chi connectivity index (χ0) is 24.5. The van der Waals surface area contributed by atoms with Crippen LogP contribution in [0.15, 0.2) is 24.5 Å². The van der Waals surface area contributed by atoms with Gasteiger partial charge in [0.25, 0.3) is 0 Å². The minimum Gasteiger partial charge on any atom is -0.474 e. The molecular formula is C23H32FN5O5. The number of benzene rings is 1. The van der Waals surface area contributed by atoms with Crippen molar-refractivity contribution < 1.29 is 28.2 Å². The summed E-state index contributed by atoms with van der Waals surface area (Å²) in [5.41, 5.74) is 1.63. The van der Waals surface area contributed by atoms with Gasteiger partial charge in [0.1, 0.15) is 24.1 Å². The van der Waals surface area contributed by atoms with Crippen LogP contribution in [-0.4, -0.2) is 66.7 Å². The lowest BCUT2D eigenvalue weighted by Gasteiger charge is -2.30. The van der Waals surface area contributed by atoms with E-state index in [0.29, 0.717) is 67.7 Å². The molecular weight excluding hydrogens is 445 g/mol. The van der Waals surface area contributed by atoms with Gasteiger partial charge in [-0.25, -0.2) is 19.2 Å². The van der Waals surface area contributed by atoms with Crippen molar-refractivity contribution in [1.29, 1.82) is 0 Å². The lowest BCUT2D eigenvalue weighted by Crippen LogP contribution is -2.40. The molecule has 0 saturated carbocycles. The van der Waals surface area contributed by atoms with E-state index in [0.717, 1.165) is 0 Å². The van der Waals surface area contributed by atoms with Crippen molar-refractivity contribution in [2.75, 3.05) is 44.0 Å². The predicted molar refractivity (Wildman–Crippen MR) is 125 cm³/mol. The number of nitrogens with zero attached hydrogens (tertiary/aromatic N) is 3. The fourth-order valence-corrected chi connectivity index (χ4v) is 3.35. The monoisotopic (exact) mass is 477 g/mol. The van der Waals surface area contributed by atoms with Gasteiger partial charge in [-0.05, 0) is 39.0 Å². The summed E-state index contributed by atoms with van der Waals surface area (Å²) in [6.07, 6.45) is 1.63. The fraction of sp³-hybridized carbons (Fsp3) is 0.522. The standard InChI is InChI=1S/C23H32FN5O5/c1-15(2)32-23(30)34-29-10-7-18(8-11-29)33-22-16(3)21(26-14-27-22)28-20-6-5-17(13-19(20)24)25-9-12-31-4/h5-6,13-15,18,25H,7-12H2,1-4H3,(H,26,27,28). The average molecular weight is 478 g/mol. The molecule has 11 heteroatoms. The molecule has 1 aromatic heterocycles. The fourth-order valence-electron chi connectivity index (χ4n) is 3.35. The van der Waals surface area contributed by atoms with Crippen LogP contribution in [0.1, 0.15) is 32.3 Å².